The fraction of sp³-hybridized carbons (Fsp3) is 0.778. The van der Waals surface area contributed by atoms with Crippen LogP contribution in [0.1, 0.15) is 27.2 Å². The van der Waals surface area contributed by atoms with Gasteiger partial charge in [-0.2, -0.15) is 0 Å². The molecule has 1 saturated heterocycles. The zero-order valence-electron chi connectivity index (χ0n) is 8.74. The molecule has 0 radical (unpaired) electrons. The number of carbonyl (C=O) groups excluding carboxylic acids is 2. The number of carbonyl (C=O) groups is 2. The first kappa shape index (κ1) is 10.8. The minimum atomic E-state index is -0.533. The standard InChI is InChI=1S/C9H16N2O3/c1-9(2,3)14-8(13)11-5-4-6(11)7(10)12/h6H,4-5H2,1-3H3,(H2,10,12)/t6-/m1/s1. The normalized spacial score (nSPS) is 21.4. The van der Waals surface area contributed by atoms with Crippen LogP contribution in [0.4, 0.5) is 4.79 Å². The molecule has 0 aromatic carbocycles. The topological polar surface area (TPSA) is 72.6 Å². The molecule has 2 N–H and O–H groups in total. The maximum Gasteiger partial charge on any atom is 0.410 e. The van der Waals surface area contributed by atoms with Crippen molar-refractivity contribution in [2.75, 3.05) is 6.54 Å². The Bertz CT molecular complexity index is 257. The third kappa shape index (κ3) is 2.37. The highest BCUT2D eigenvalue weighted by Gasteiger charge is 2.38. The lowest BCUT2D eigenvalue weighted by Crippen LogP contribution is -2.58. The number of hydrogen-bond donors (Lipinski definition) is 1. The molecule has 14 heavy (non-hydrogen) atoms. The van der Waals surface area contributed by atoms with Crippen LogP contribution in [0.2, 0.25) is 0 Å². The molecule has 0 aliphatic carbocycles. The number of ether oxygens (including phenoxy) is 1. The Morgan fingerprint density at radius 1 is 1.43 bits per heavy atom. The van der Waals surface area contributed by atoms with Crippen LogP contribution in [0.25, 0.3) is 0 Å². The summed E-state index contributed by atoms with van der Waals surface area (Å²) in [5, 5.41) is 0. The Balaban J connectivity index is 2.51. The van der Waals surface area contributed by atoms with Gasteiger partial charge in [-0.25, -0.2) is 4.79 Å². The Kier molecular flexibility index (Phi) is 2.69. The number of likely N-dealkylation sites (tertiary alicyclic amines) is 1. The largest absolute Gasteiger partial charge is 0.444 e. The summed E-state index contributed by atoms with van der Waals surface area (Å²) in [5.74, 6) is -0.470. The van der Waals surface area contributed by atoms with E-state index in [1.54, 1.807) is 20.8 Å². The van der Waals surface area contributed by atoms with Gasteiger partial charge in [0.25, 0.3) is 0 Å². The van der Waals surface area contributed by atoms with Gasteiger partial charge in [0.1, 0.15) is 11.6 Å². The van der Waals surface area contributed by atoms with Gasteiger partial charge < -0.3 is 10.5 Å². The van der Waals surface area contributed by atoms with E-state index in [0.29, 0.717) is 13.0 Å². The van der Waals surface area contributed by atoms with E-state index in [1.165, 1.54) is 4.90 Å². The molecule has 5 nitrogen and oxygen atoms in total. The molecule has 2 amide bonds. The van der Waals surface area contributed by atoms with E-state index in [-0.39, 0.29) is 0 Å². The van der Waals surface area contributed by atoms with Crippen LogP contribution in [0, 0.1) is 0 Å². The average Bonchev–Trinajstić information content (AvgIpc) is 1.75. The van der Waals surface area contributed by atoms with E-state index >= 15 is 0 Å². The van der Waals surface area contributed by atoms with Gasteiger partial charge in [0, 0.05) is 6.54 Å². The Labute approximate surface area is 83.2 Å². The quantitative estimate of drug-likeness (QED) is 0.669. The predicted octanol–water partition coefficient (Wildman–Crippen LogP) is 0.481. The Morgan fingerprint density at radius 2 is 2.00 bits per heavy atom. The van der Waals surface area contributed by atoms with E-state index in [2.05, 4.69) is 0 Å². The van der Waals surface area contributed by atoms with E-state index in [9.17, 15) is 9.59 Å². The van der Waals surface area contributed by atoms with Crippen molar-refractivity contribution >= 4 is 12.0 Å². The highest BCUT2D eigenvalue weighted by molar-refractivity contribution is 5.85. The second-order valence-corrected chi connectivity index (χ2v) is 4.38. The van der Waals surface area contributed by atoms with Gasteiger partial charge in [-0.1, -0.05) is 0 Å². The van der Waals surface area contributed by atoms with Crippen LogP contribution < -0.4 is 5.73 Å². The van der Waals surface area contributed by atoms with Gasteiger partial charge in [0.2, 0.25) is 5.91 Å². The van der Waals surface area contributed by atoms with Crippen LogP contribution >= 0.6 is 0 Å². The van der Waals surface area contributed by atoms with Gasteiger partial charge in [-0.05, 0) is 27.2 Å². The van der Waals surface area contributed by atoms with Gasteiger partial charge in [-0.3, -0.25) is 9.69 Å². The SMILES string of the molecule is CC(C)(C)OC(=O)N1CC[C@@H]1C(N)=O. The van der Waals surface area contributed by atoms with Crippen molar-refractivity contribution in [3.63, 3.8) is 0 Å². The molecule has 1 rings (SSSR count). The predicted molar refractivity (Wildman–Crippen MR) is 50.5 cm³/mol. The maximum atomic E-state index is 11.5. The summed E-state index contributed by atoms with van der Waals surface area (Å²) in [6, 6.07) is -0.482. The highest BCUT2D eigenvalue weighted by atomic mass is 16.6. The zero-order valence-corrected chi connectivity index (χ0v) is 8.74. The van der Waals surface area contributed by atoms with Gasteiger partial charge in [0.15, 0.2) is 0 Å². The minimum Gasteiger partial charge on any atom is -0.444 e. The second-order valence-electron chi connectivity index (χ2n) is 4.38. The number of nitrogens with two attached hydrogens (primary N) is 1. The smallest absolute Gasteiger partial charge is 0.410 e. The summed E-state index contributed by atoms with van der Waals surface area (Å²) in [5.41, 5.74) is 4.57. The number of nitrogens with zero attached hydrogens (tertiary/aromatic N) is 1. The van der Waals surface area contributed by atoms with Crippen LogP contribution in [0.3, 0.4) is 0 Å². The van der Waals surface area contributed by atoms with E-state index in [0.717, 1.165) is 0 Å². The first-order chi connectivity index (χ1) is 6.31. The molecule has 5 heteroatoms. The number of hydrogen-bond acceptors (Lipinski definition) is 3. The van der Waals surface area contributed by atoms with Crippen LogP contribution in [0.15, 0.2) is 0 Å². The first-order valence-electron chi connectivity index (χ1n) is 4.60. The van der Waals surface area contributed by atoms with Crippen molar-refractivity contribution in [2.45, 2.75) is 38.8 Å². The van der Waals surface area contributed by atoms with Crippen LogP contribution in [-0.4, -0.2) is 35.1 Å². The molecule has 80 valence electrons. The van der Waals surface area contributed by atoms with E-state index in [1.807, 2.05) is 0 Å². The lowest BCUT2D eigenvalue weighted by atomic mass is 10.0. The molecule has 0 saturated carbocycles. The van der Waals surface area contributed by atoms with Crippen molar-refractivity contribution < 1.29 is 14.3 Å². The third-order valence-corrected chi connectivity index (χ3v) is 1.98. The summed E-state index contributed by atoms with van der Waals surface area (Å²) >= 11 is 0. The van der Waals surface area contributed by atoms with Crippen LogP contribution in [0.5, 0.6) is 0 Å². The summed E-state index contributed by atoms with van der Waals surface area (Å²) in [6.07, 6.45) is 0.168. The molecule has 0 spiro atoms. The molecule has 0 aromatic rings. The molecule has 1 heterocycles. The zero-order chi connectivity index (χ0) is 10.9. The molecule has 0 bridgehead atoms. The number of amides is 2. The van der Waals surface area contributed by atoms with E-state index in [4.69, 9.17) is 10.5 Å². The lowest BCUT2D eigenvalue weighted by Gasteiger charge is -2.39. The molecule has 1 aliphatic heterocycles. The van der Waals surface area contributed by atoms with Crippen molar-refractivity contribution in [3.05, 3.63) is 0 Å². The van der Waals surface area contributed by atoms with Crippen molar-refractivity contribution in [3.8, 4) is 0 Å². The first-order valence-corrected chi connectivity index (χ1v) is 4.60. The fourth-order valence-corrected chi connectivity index (χ4v) is 1.22. The summed E-state index contributed by atoms with van der Waals surface area (Å²) in [7, 11) is 0. The summed E-state index contributed by atoms with van der Waals surface area (Å²) < 4.78 is 5.10. The molecular weight excluding hydrogens is 184 g/mol. The highest BCUT2D eigenvalue weighted by Crippen LogP contribution is 2.20. The molecule has 0 unspecified atom stereocenters. The molecule has 1 aliphatic rings. The summed E-state index contributed by atoms with van der Waals surface area (Å²) in [6.45, 7) is 5.89. The molecule has 1 atom stereocenters. The third-order valence-electron chi connectivity index (χ3n) is 1.98. The summed E-state index contributed by atoms with van der Waals surface area (Å²) in [4.78, 5) is 23.6. The Morgan fingerprint density at radius 3 is 2.29 bits per heavy atom. The number of primary amides is 1. The van der Waals surface area contributed by atoms with Gasteiger partial charge >= 0.3 is 6.09 Å². The molecular formula is C9H16N2O3. The Hall–Kier alpha value is -1.26. The fourth-order valence-electron chi connectivity index (χ4n) is 1.22. The van der Waals surface area contributed by atoms with Crippen LogP contribution in [-0.2, 0) is 9.53 Å². The van der Waals surface area contributed by atoms with Crippen molar-refractivity contribution in [2.24, 2.45) is 5.73 Å². The average molecular weight is 200 g/mol. The monoisotopic (exact) mass is 200 g/mol. The molecule has 1 fully saturated rings. The maximum absolute atomic E-state index is 11.5. The van der Waals surface area contributed by atoms with Gasteiger partial charge in [-0.15, -0.1) is 0 Å². The lowest BCUT2D eigenvalue weighted by molar-refractivity contribution is -0.127. The minimum absolute atomic E-state index is 0.465. The number of rotatable bonds is 1. The van der Waals surface area contributed by atoms with E-state index < -0.39 is 23.6 Å². The molecule has 0 aromatic heterocycles. The van der Waals surface area contributed by atoms with Gasteiger partial charge in [0.05, 0.1) is 0 Å². The van der Waals surface area contributed by atoms with Crippen molar-refractivity contribution in [1.82, 2.24) is 4.90 Å². The second kappa shape index (κ2) is 3.48. The van der Waals surface area contributed by atoms with Crippen molar-refractivity contribution in [1.29, 1.82) is 0 Å².